The van der Waals surface area contributed by atoms with Crippen LogP contribution in [0.5, 0.6) is 5.75 Å². The van der Waals surface area contributed by atoms with Gasteiger partial charge in [0.25, 0.3) is 0 Å². The zero-order chi connectivity index (χ0) is 18.6. The Balaban J connectivity index is 1.77. The number of hydrogen-bond donors (Lipinski definition) is 0. The predicted molar refractivity (Wildman–Crippen MR) is 117 cm³/mol. The van der Waals surface area contributed by atoms with Crippen molar-refractivity contribution < 1.29 is 4.74 Å². The monoisotopic (exact) mass is 419 g/mol. The molecule has 0 unspecified atom stereocenters. The van der Waals surface area contributed by atoms with Crippen molar-refractivity contribution in [2.75, 3.05) is 11.9 Å². The highest BCUT2D eigenvalue weighted by Gasteiger charge is 2.15. The molecule has 0 bridgehead atoms. The van der Waals surface area contributed by atoms with Crippen LogP contribution in [0, 0.1) is 6.92 Å². The van der Waals surface area contributed by atoms with Gasteiger partial charge in [-0.25, -0.2) is 0 Å². The molecular weight excluding hydrogens is 398 g/mol. The van der Waals surface area contributed by atoms with Crippen LogP contribution < -0.4 is 4.74 Å². The van der Waals surface area contributed by atoms with Crippen LogP contribution in [0.1, 0.15) is 11.1 Å². The molecule has 0 aliphatic carbocycles. The summed E-state index contributed by atoms with van der Waals surface area (Å²) in [7, 11) is 0. The van der Waals surface area contributed by atoms with Crippen LogP contribution in [-0.4, -0.2) is 16.5 Å². The smallest absolute Gasteiger partial charge is 0.119 e. The molecule has 4 rings (SSSR count). The number of hydrogen-bond acceptors (Lipinski definition) is 1. The van der Waals surface area contributed by atoms with Gasteiger partial charge in [0.15, 0.2) is 0 Å². The van der Waals surface area contributed by atoms with E-state index in [4.69, 9.17) is 4.74 Å². The highest BCUT2D eigenvalue weighted by molar-refractivity contribution is 9.09. The maximum Gasteiger partial charge on any atom is 0.119 e. The molecule has 0 amide bonds. The molecule has 3 aromatic carbocycles. The molecule has 1 aromatic heterocycles. The van der Waals surface area contributed by atoms with Gasteiger partial charge >= 0.3 is 0 Å². The Bertz CT molecular complexity index is 1040. The minimum Gasteiger partial charge on any atom is -0.493 e. The molecule has 0 atom stereocenters. The van der Waals surface area contributed by atoms with Crippen LogP contribution in [0.3, 0.4) is 0 Å². The van der Waals surface area contributed by atoms with Crippen LogP contribution in [0.4, 0.5) is 0 Å². The molecule has 0 aliphatic rings. The Morgan fingerprint density at radius 3 is 2.30 bits per heavy atom. The van der Waals surface area contributed by atoms with E-state index in [2.05, 4.69) is 106 Å². The van der Waals surface area contributed by atoms with Crippen molar-refractivity contribution in [1.29, 1.82) is 0 Å². The first-order chi connectivity index (χ1) is 13.3. The third kappa shape index (κ3) is 3.65. The number of aromatic nitrogens is 1. The fourth-order valence-corrected chi connectivity index (χ4v) is 3.80. The standard InChI is InChI=1S/C24H22BrNO/c1-18-22-9-5-6-10-23(22)26(24(18)20-7-3-2-4-8-20)17-19-11-13-21(14-12-19)27-16-15-25/h2-14H,15-17H2,1H3. The largest absolute Gasteiger partial charge is 0.493 e. The lowest BCUT2D eigenvalue weighted by molar-refractivity contribution is 0.345. The summed E-state index contributed by atoms with van der Waals surface area (Å²) in [6.07, 6.45) is 0. The van der Waals surface area contributed by atoms with Crippen molar-refractivity contribution in [2.24, 2.45) is 0 Å². The van der Waals surface area contributed by atoms with Gasteiger partial charge in [-0.05, 0) is 41.8 Å². The number of aryl methyl sites for hydroxylation is 1. The minimum absolute atomic E-state index is 0.679. The van der Waals surface area contributed by atoms with Crippen LogP contribution in [0.15, 0.2) is 78.9 Å². The zero-order valence-corrected chi connectivity index (χ0v) is 16.9. The van der Waals surface area contributed by atoms with Gasteiger partial charge in [-0.15, -0.1) is 0 Å². The fourth-order valence-electron chi connectivity index (χ4n) is 3.64. The Morgan fingerprint density at radius 2 is 1.56 bits per heavy atom. The van der Waals surface area contributed by atoms with E-state index in [-0.39, 0.29) is 0 Å². The highest BCUT2D eigenvalue weighted by Crippen LogP contribution is 2.34. The fraction of sp³-hybridized carbons (Fsp3) is 0.167. The lowest BCUT2D eigenvalue weighted by Crippen LogP contribution is -2.03. The van der Waals surface area contributed by atoms with E-state index in [1.54, 1.807) is 0 Å². The van der Waals surface area contributed by atoms with Gasteiger partial charge in [0, 0.05) is 22.8 Å². The molecule has 0 spiro atoms. The van der Waals surface area contributed by atoms with Gasteiger partial charge in [0.2, 0.25) is 0 Å². The van der Waals surface area contributed by atoms with Crippen molar-refractivity contribution in [2.45, 2.75) is 13.5 Å². The molecule has 0 saturated heterocycles. The number of halogens is 1. The summed E-state index contributed by atoms with van der Waals surface area (Å²) in [6.45, 7) is 3.73. The van der Waals surface area contributed by atoms with Crippen molar-refractivity contribution in [1.82, 2.24) is 4.57 Å². The summed E-state index contributed by atoms with van der Waals surface area (Å²) in [5.74, 6) is 0.912. The van der Waals surface area contributed by atoms with Gasteiger partial charge in [0.05, 0.1) is 12.3 Å². The number of rotatable bonds is 6. The summed E-state index contributed by atoms with van der Waals surface area (Å²) in [5, 5.41) is 2.15. The van der Waals surface area contributed by atoms with E-state index < -0.39 is 0 Å². The summed E-state index contributed by atoms with van der Waals surface area (Å²) in [6, 6.07) is 27.7. The molecule has 0 fully saturated rings. The summed E-state index contributed by atoms with van der Waals surface area (Å²) >= 11 is 3.39. The second kappa shape index (κ2) is 8.01. The number of alkyl halides is 1. The quantitative estimate of drug-likeness (QED) is 0.328. The number of ether oxygens (including phenoxy) is 1. The van der Waals surface area contributed by atoms with Gasteiger partial charge in [-0.3, -0.25) is 0 Å². The Hall–Kier alpha value is -2.52. The van der Waals surface area contributed by atoms with Crippen molar-refractivity contribution in [3.05, 3.63) is 90.0 Å². The van der Waals surface area contributed by atoms with Crippen LogP contribution >= 0.6 is 15.9 Å². The van der Waals surface area contributed by atoms with E-state index in [9.17, 15) is 0 Å². The molecule has 3 heteroatoms. The molecule has 4 aromatic rings. The lowest BCUT2D eigenvalue weighted by atomic mass is 10.1. The molecule has 27 heavy (non-hydrogen) atoms. The van der Waals surface area contributed by atoms with Crippen LogP contribution in [0.2, 0.25) is 0 Å². The number of nitrogens with zero attached hydrogens (tertiary/aromatic N) is 1. The average molecular weight is 420 g/mol. The number of benzene rings is 3. The Morgan fingerprint density at radius 1 is 0.852 bits per heavy atom. The topological polar surface area (TPSA) is 14.2 Å². The second-order valence-electron chi connectivity index (χ2n) is 6.62. The maximum absolute atomic E-state index is 5.67. The van der Waals surface area contributed by atoms with E-state index in [0.29, 0.717) is 6.61 Å². The van der Waals surface area contributed by atoms with E-state index >= 15 is 0 Å². The highest BCUT2D eigenvalue weighted by atomic mass is 79.9. The molecule has 0 saturated carbocycles. The van der Waals surface area contributed by atoms with Crippen LogP contribution in [-0.2, 0) is 6.54 Å². The van der Waals surface area contributed by atoms with Crippen molar-refractivity contribution in [3.63, 3.8) is 0 Å². The third-order valence-electron chi connectivity index (χ3n) is 4.88. The van der Waals surface area contributed by atoms with Crippen molar-refractivity contribution in [3.8, 4) is 17.0 Å². The minimum atomic E-state index is 0.679. The lowest BCUT2D eigenvalue weighted by Gasteiger charge is -2.13. The predicted octanol–water partition coefficient (Wildman–Crippen LogP) is 6.44. The van der Waals surface area contributed by atoms with Gasteiger partial charge in [-0.2, -0.15) is 0 Å². The molecule has 0 radical (unpaired) electrons. The molecule has 0 aliphatic heterocycles. The Labute approximate surface area is 168 Å². The number of fused-ring (bicyclic) bond motifs is 1. The SMILES string of the molecule is Cc1c(-c2ccccc2)n(Cc2ccc(OCCBr)cc2)c2ccccc12. The third-order valence-corrected chi connectivity index (χ3v) is 5.20. The van der Waals surface area contributed by atoms with Gasteiger partial charge in [-0.1, -0.05) is 76.6 Å². The normalized spacial score (nSPS) is 11.0. The van der Waals surface area contributed by atoms with Crippen LogP contribution in [0.25, 0.3) is 22.2 Å². The van der Waals surface area contributed by atoms with E-state index in [1.165, 1.54) is 33.3 Å². The molecular formula is C24H22BrNO. The second-order valence-corrected chi connectivity index (χ2v) is 7.42. The van der Waals surface area contributed by atoms with Crippen molar-refractivity contribution >= 4 is 26.8 Å². The van der Waals surface area contributed by atoms with E-state index in [1.807, 2.05) is 0 Å². The first-order valence-corrected chi connectivity index (χ1v) is 10.3. The molecule has 136 valence electrons. The number of para-hydroxylation sites is 1. The van der Waals surface area contributed by atoms with Gasteiger partial charge in [0.1, 0.15) is 5.75 Å². The molecule has 1 heterocycles. The average Bonchev–Trinajstić information content (AvgIpc) is 3.00. The van der Waals surface area contributed by atoms with E-state index in [0.717, 1.165) is 17.6 Å². The molecule has 2 nitrogen and oxygen atoms in total. The summed E-state index contributed by atoms with van der Waals surface area (Å²) < 4.78 is 8.10. The first kappa shape index (κ1) is 17.9. The molecule has 0 N–H and O–H groups in total. The first-order valence-electron chi connectivity index (χ1n) is 9.19. The Kier molecular flexibility index (Phi) is 5.30. The zero-order valence-electron chi connectivity index (χ0n) is 15.4. The van der Waals surface area contributed by atoms with Gasteiger partial charge < -0.3 is 9.30 Å². The maximum atomic E-state index is 5.67. The summed E-state index contributed by atoms with van der Waals surface area (Å²) in [5.41, 5.74) is 6.40. The summed E-state index contributed by atoms with van der Waals surface area (Å²) in [4.78, 5) is 0.